The molecule has 78 valence electrons. The molecule has 2 aliphatic rings. The van der Waals surface area contributed by atoms with Crippen LogP contribution < -0.4 is 0 Å². The summed E-state index contributed by atoms with van der Waals surface area (Å²) in [5, 5.41) is 0. The van der Waals surface area contributed by atoms with E-state index in [4.69, 9.17) is 0 Å². The molecule has 2 heteroatoms. The van der Waals surface area contributed by atoms with Crippen LogP contribution in [0.1, 0.15) is 64.2 Å². The van der Waals surface area contributed by atoms with Crippen LogP contribution in [-0.2, 0) is 0 Å². The Morgan fingerprint density at radius 3 is 1.21 bits per heavy atom. The summed E-state index contributed by atoms with van der Waals surface area (Å²) in [5.41, 5.74) is 2.31. The molecule has 0 aromatic carbocycles. The van der Waals surface area contributed by atoms with Crippen LogP contribution in [0.3, 0.4) is 0 Å². The van der Waals surface area contributed by atoms with Crippen molar-refractivity contribution in [2.75, 3.05) is 0 Å². The molecule has 0 aromatic heterocycles. The summed E-state index contributed by atoms with van der Waals surface area (Å²) in [6.07, 6.45) is 15.5. The molecule has 14 heavy (non-hydrogen) atoms. The maximum Gasteiger partial charge on any atom is 0.0266 e. The third-order valence-electron chi connectivity index (χ3n) is 3.70. The molecule has 0 aromatic rings. The molecule has 0 atom stereocenters. The first-order valence-corrected chi connectivity index (χ1v) is 9.62. The maximum atomic E-state index is 1.57. The summed E-state index contributed by atoms with van der Waals surface area (Å²) < 4.78 is 0. The van der Waals surface area contributed by atoms with E-state index in [1.807, 2.05) is 0 Å². The summed E-state index contributed by atoms with van der Waals surface area (Å²) in [6.45, 7) is 0. The molecule has 0 amide bonds. The van der Waals surface area contributed by atoms with Gasteiger partial charge in [-0.05, 0) is 0 Å². The van der Waals surface area contributed by atoms with E-state index in [-0.39, 0.29) is 0 Å². The van der Waals surface area contributed by atoms with Crippen molar-refractivity contribution < 1.29 is 0 Å². The summed E-state index contributed by atoms with van der Waals surface area (Å²) in [4.78, 5) is 0. The first kappa shape index (κ1) is 10.9. The highest BCUT2D eigenvalue weighted by Crippen LogP contribution is 2.31. The van der Waals surface area contributed by atoms with Crippen molar-refractivity contribution in [3.63, 3.8) is 0 Å². The van der Waals surface area contributed by atoms with Gasteiger partial charge in [0.15, 0.2) is 0 Å². The van der Waals surface area contributed by atoms with E-state index in [1.165, 1.54) is 56.6 Å². The van der Waals surface area contributed by atoms with Crippen LogP contribution in [0.25, 0.3) is 0 Å². The van der Waals surface area contributed by atoms with Gasteiger partial charge in [0.25, 0.3) is 0 Å². The van der Waals surface area contributed by atoms with Crippen molar-refractivity contribution in [1.29, 1.82) is 0 Å². The second kappa shape index (κ2) is 6.11. The third-order valence-corrected chi connectivity index (χ3v) is 8.79. The van der Waals surface area contributed by atoms with Gasteiger partial charge in [-0.2, -0.15) is 0 Å². The Kier molecular flexibility index (Phi) is 4.77. The Hall–Kier alpha value is 0.434. The molecule has 2 fully saturated rings. The summed E-state index contributed by atoms with van der Waals surface area (Å²) >= 11 is 0. The van der Waals surface area contributed by atoms with Gasteiger partial charge in [-0.1, -0.05) is 75.3 Å². The Morgan fingerprint density at radius 1 is 0.500 bits per heavy atom. The molecule has 4 radical (unpaired) electrons. The van der Waals surface area contributed by atoms with E-state index in [0.29, 0.717) is 0 Å². The number of rotatable bonds is 3. The molecule has 0 saturated heterocycles. The van der Waals surface area contributed by atoms with Gasteiger partial charge in [0.1, 0.15) is 0 Å². The van der Waals surface area contributed by atoms with E-state index in [1.54, 1.807) is 25.7 Å². The topological polar surface area (TPSA) is 0 Å². The highest BCUT2D eigenvalue weighted by Gasteiger charge is 2.18. The molecule has 0 N–H and O–H groups in total. The third kappa shape index (κ3) is 3.54. The van der Waals surface area contributed by atoms with E-state index in [0.717, 1.165) is 11.1 Å². The zero-order valence-corrected chi connectivity index (χ0v) is 11.2. The Labute approximate surface area is 93.7 Å². The smallest absolute Gasteiger partial charge is 0.0266 e. The molecule has 2 rings (SSSR count). The Balaban J connectivity index is 1.60. The SMILES string of the molecule is C1CCC([Si][Si]C2CCCCC2)CC1. The quantitative estimate of drug-likeness (QED) is 0.637. The Morgan fingerprint density at radius 2 is 0.857 bits per heavy atom. The van der Waals surface area contributed by atoms with E-state index >= 15 is 0 Å². The number of hydrogen-bond acceptors (Lipinski definition) is 0. The van der Waals surface area contributed by atoms with Crippen molar-refractivity contribution >= 4 is 18.1 Å². The van der Waals surface area contributed by atoms with E-state index < -0.39 is 0 Å². The van der Waals surface area contributed by atoms with Crippen LogP contribution in [0.4, 0.5) is 0 Å². The fourth-order valence-corrected chi connectivity index (χ4v) is 7.74. The van der Waals surface area contributed by atoms with Crippen molar-refractivity contribution in [3.05, 3.63) is 0 Å². The van der Waals surface area contributed by atoms with Gasteiger partial charge in [0.05, 0.1) is 0 Å². The minimum absolute atomic E-state index is 1.16. The van der Waals surface area contributed by atoms with Gasteiger partial charge in [-0.3, -0.25) is 0 Å². The molecule has 2 saturated carbocycles. The second-order valence-corrected chi connectivity index (χ2v) is 8.90. The van der Waals surface area contributed by atoms with Crippen molar-refractivity contribution in [2.45, 2.75) is 75.3 Å². The lowest BCUT2D eigenvalue weighted by atomic mass is 10.0. The molecular formula is C12H22Si2. The summed E-state index contributed by atoms with van der Waals surface area (Å²) in [5.74, 6) is 0. The normalized spacial score (nSPS) is 26.6. The highest BCUT2D eigenvalue weighted by molar-refractivity contribution is 7.01. The fourth-order valence-electron chi connectivity index (χ4n) is 2.73. The molecule has 0 nitrogen and oxygen atoms in total. The molecule has 0 heterocycles. The van der Waals surface area contributed by atoms with E-state index in [2.05, 4.69) is 0 Å². The Bertz CT molecular complexity index is 128. The lowest BCUT2D eigenvalue weighted by molar-refractivity contribution is 0.496. The molecule has 0 spiro atoms. The van der Waals surface area contributed by atoms with Gasteiger partial charge >= 0.3 is 0 Å². The monoisotopic (exact) mass is 222 g/mol. The summed E-state index contributed by atoms with van der Waals surface area (Å²) in [6, 6.07) is 0. The minimum Gasteiger partial charge on any atom is -0.0535 e. The largest absolute Gasteiger partial charge is 0.0535 e. The van der Waals surface area contributed by atoms with Crippen LogP contribution in [-0.4, -0.2) is 18.1 Å². The molecule has 0 unspecified atom stereocenters. The fraction of sp³-hybridized carbons (Fsp3) is 1.00. The lowest BCUT2D eigenvalue weighted by Gasteiger charge is -2.25. The first-order valence-electron chi connectivity index (χ1n) is 6.46. The lowest BCUT2D eigenvalue weighted by Crippen LogP contribution is -2.20. The van der Waals surface area contributed by atoms with E-state index in [9.17, 15) is 0 Å². The predicted molar refractivity (Wildman–Crippen MR) is 65.2 cm³/mol. The van der Waals surface area contributed by atoms with Gasteiger partial charge < -0.3 is 0 Å². The molecular weight excluding hydrogens is 200 g/mol. The zero-order chi connectivity index (χ0) is 9.64. The van der Waals surface area contributed by atoms with Crippen LogP contribution in [0, 0.1) is 0 Å². The van der Waals surface area contributed by atoms with Gasteiger partial charge in [-0.25, -0.2) is 0 Å². The van der Waals surface area contributed by atoms with Gasteiger partial charge in [0, 0.05) is 18.1 Å². The van der Waals surface area contributed by atoms with Gasteiger partial charge in [0.2, 0.25) is 0 Å². The minimum atomic E-state index is 1.16. The molecule has 0 bridgehead atoms. The van der Waals surface area contributed by atoms with Gasteiger partial charge in [-0.15, -0.1) is 0 Å². The first-order chi connectivity index (χ1) is 6.95. The average molecular weight is 222 g/mol. The maximum absolute atomic E-state index is 1.57. The van der Waals surface area contributed by atoms with Crippen molar-refractivity contribution in [3.8, 4) is 0 Å². The standard InChI is InChI=1S/C12H22Si2/c1-3-7-11(8-4-1)13-14-12-9-5-2-6-10-12/h11-12H,1-10H2. The van der Waals surface area contributed by atoms with Crippen LogP contribution in [0.2, 0.25) is 11.1 Å². The van der Waals surface area contributed by atoms with Crippen LogP contribution in [0.5, 0.6) is 0 Å². The highest BCUT2D eigenvalue weighted by atomic mass is 29.1. The van der Waals surface area contributed by atoms with Crippen LogP contribution in [0.15, 0.2) is 0 Å². The zero-order valence-electron chi connectivity index (χ0n) is 9.23. The predicted octanol–water partition coefficient (Wildman–Crippen LogP) is 3.82. The molecule has 0 aliphatic heterocycles. The van der Waals surface area contributed by atoms with Crippen molar-refractivity contribution in [2.24, 2.45) is 0 Å². The number of hydrogen-bond donors (Lipinski definition) is 0. The average Bonchev–Trinajstić information content (AvgIpc) is 2.29. The van der Waals surface area contributed by atoms with Crippen molar-refractivity contribution in [1.82, 2.24) is 0 Å². The summed E-state index contributed by atoms with van der Waals surface area (Å²) in [7, 11) is 2.68. The second-order valence-electron chi connectivity index (χ2n) is 4.96. The van der Waals surface area contributed by atoms with Crippen LogP contribution >= 0.6 is 0 Å². The molecule has 2 aliphatic carbocycles.